The molecule has 0 spiro atoms. The van der Waals surface area contributed by atoms with E-state index in [-0.39, 0.29) is 0 Å². The number of ether oxygens (including phenoxy) is 2. The van der Waals surface area contributed by atoms with Crippen molar-refractivity contribution in [2.45, 2.75) is 6.54 Å². The minimum atomic E-state index is -0.397. The quantitative estimate of drug-likeness (QED) is 0.658. The zero-order chi connectivity index (χ0) is 15.8. The predicted octanol–water partition coefficient (Wildman–Crippen LogP) is 3.00. The minimum absolute atomic E-state index is 0.397. The van der Waals surface area contributed by atoms with Crippen molar-refractivity contribution in [2.24, 2.45) is 0 Å². The Bertz CT molecular complexity index is 633. The molecule has 0 saturated heterocycles. The lowest BCUT2D eigenvalue weighted by atomic mass is 10.1. The second-order valence-corrected chi connectivity index (χ2v) is 4.65. The Morgan fingerprint density at radius 2 is 1.73 bits per heavy atom. The van der Waals surface area contributed by atoms with E-state index in [1.165, 1.54) is 13.2 Å². The highest BCUT2D eigenvalue weighted by Crippen LogP contribution is 2.17. The van der Waals surface area contributed by atoms with Crippen molar-refractivity contribution in [1.82, 2.24) is 5.32 Å². The van der Waals surface area contributed by atoms with E-state index < -0.39 is 5.97 Å². The first-order valence-electron chi connectivity index (χ1n) is 6.95. The summed E-state index contributed by atoms with van der Waals surface area (Å²) in [6.07, 6.45) is 1.45. The molecule has 0 atom stereocenters. The van der Waals surface area contributed by atoms with Crippen molar-refractivity contribution in [3.63, 3.8) is 0 Å². The van der Waals surface area contributed by atoms with Gasteiger partial charge in [-0.1, -0.05) is 30.3 Å². The molecular weight excluding hydrogens is 278 g/mol. The summed E-state index contributed by atoms with van der Waals surface area (Å²) in [5.74, 6) is 0.371. The van der Waals surface area contributed by atoms with Crippen molar-refractivity contribution >= 4 is 11.7 Å². The van der Waals surface area contributed by atoms with Gasteiger partial charge < -0.3 is 14.8 Å². The minimum Gasteiger partial charge on any atom is -0.497 e. The summed E-state index contributed by atoms with van der Waals surface area (Å²) in [6.45, 7) is 0.621. The van der Waals surface area contributed by atoms with Gasteiger partial charge in [0.2, 0.25) is 0 Å². The van der Waals surface area contributed by atoms with Gasteiger partial charge in [0, 0.05) is 18.3 Å². The smallest absolute Gasteiger partial charge is 0.332 e. The first kappa shape index (κ1) is 15.6. The molecule has 0 aliphatic carbocycles. The molecule has 1 N–H and O–H groups in total. The second-order valence-electron chi connectivity index (χ2n) is 4.65. The molecule has 0 aliphatic rings. The average Bonchev–Trinajstić information content (AvgIpc) is 2.59. The molecule has 0 radical (unpaired) electrons. The first-order valence-corrected chi connectivity index (χ1v) is 6.95. The standard InChI is InChI=1S/C18H19NO3/c1-21-16-10-8-15(9-11-16)17(12-18(20)22-2)19-13-14-6-4-3-5-7-14/h3-12,19H,13H2,1-2H3/b17-12-. The molecule has 2 aromatic carbocycles. The van der Waals surface area contributed by atoms with Gasteiger partial charge in [-0.05, 0) is 35.4 Å². The molecule has 0 heterocycles. The third kappa shape index (κ3) is 4.38. The summed E-state index contributed by atoms with van der Waals surface area (Å²) in [4.78, 5) is 11.6. The number of hydrogen-bond donors (Lipinski definition) is 1. The van der Waals surface area contributed by atoms with Crippen LogP contribution in [0.2, 0.25) is 0 Å². The van der Waals surface area contributed by atoms with Gasteiger partial charge in [0.15, 0.2) is 0 Å². The Labute approximate surface area is 130 Å². The predicted molar refractivity (Wildman–Crippen MR) is 86.3 cm³/mol. The van der Waals surface area contributed by atoms with Crippen molar-refractivity contribution in [2.75, 3.05) is 14.2 Å². The molecule has 22 heavy (non-hydrogen) atoms. The van der Waals surface area contributed by atoms with Gasteiger partial charge in [0.25, 0.3) is 0 Å². The number of hydrogen-bond acceptors (Lipinski definition) is 4. The summed E-state index contributed by atoms with van der Waals surface area (Å²) in [5.41, 5.74) is 2.73. The lowest BCUT2D eigenvalue weighted by molar-refractivity contribution is -0.134. The van der Waals surface area contributed by atoms with Crippen molar-refractivity contribution < 1.29 is 14.3 Å². The molecule has 4 heteroatoms. The topological polar surface area (TPSA) is 47.6 Å². The summed E-state index contributed by atoms with van der Waals surface area (Å²) in [5, 5.41) is 3.27. The highest BCUT2D eigenvalue weighted by molar-refractivity contribution is 5.90. The molecule has 2 aromatic rings. The third-order valence-electron chi connectivity index (χ3n) is 3.19. The van der Waals surface area contributed by atoms with E-state index >= 15 is 0 Å². The molecule has 0 fully saturated rings. The van der Waals surface area contributed by atoms with Crippen LogP contribution in [0.1, 0.15) is 11.1 Å². The van der Waals surface area contributed by atoms with E-state index in [0.717, 1.165) is 16.9 Å². The highest BCUT2D eigenvalue weighted by Gasteiger charge is 2.06. The van der Waals surface area contributed by atoms with Crippen molar-refractivity contribution in [1.29, 1.82) is 0 Å². The molecule has 4 nitrogen and oxygen atoms in total. The molecule has 0 unspecified atom stereocenters. The van der Waals surface area contributed by atoms with Gasteiger partial charge in [-0.3, -0.25) is 0 Å². The lowest BCUT2D eigenvalue weighted by Gasteiger charge is -2.12. The summed E-state index contributed by atoms with van der Waals surface area (Å²) in [7, 11) is 2.98. The van der Waals surface area contributed by atoms with Gasteiger partial charge in [0.05, 0.1) is 14.2 Å². The fourth-order valence-corrected chi connectivity index (χ4v) is 1.98. The van der Waals surface area contributed by atoms with E-state index in [1.54, 1.807) is 7.11 Å². The monoisotopic (exact) mass is 297 g/mol. The van der Waals surface area contributed by atoms with E-state index in [1.807, 2.05) is 54.6 Å². The SMILES string of the molecule is COC(=O)/C=C(\NCc1ccccc1)c1ccc(OC)cc1. The number of carbonyl (C=O) groups is 1. The summed E-state index contributed by atoms with van der Waals surface area (Å²) < 4.78 is 9.87. The number of esters is 1. The highest BCUT2D eigenvalue weighted by atomic mass is 16.5. The zero-order valence-corrected chi connectivity index (χ0v) is 12.7. The Hall–Kier alpha value is -2.75. The van der Waals surface area contributed by atoms with Crippen LogP contribution >= 0.6 is 0 Å². The number of carbonyl (C=O) groups excluding carboxylic acids is 1. The maximum absolute atomic E-state index is 11.6. The van der Waals surface area contributed by atoms with Crippen molar-refractivity contribution in [3.8, 4) is 5.75 Å². The third-order valence-corrected chi connectivity index (χ3v) is 3.19. The van der Waals surface area contributed by atoms with E-state index in [0.29, 0.717) is 12.2 Å². The largest absolute Gasteiger partial charge is 0.497 e. The van der Waals surface area contributed by atoms with Crippen LogP contribution in [0.3, 0.4) is 0 Å². The van der Waals surface area contributed by atoms with E-state index in [9.17, 15) is 4.79 Å². The van der Waals surface area contributed by atoms with Crippen molar-refractivity contribution in [3.05, 3.63) is 71.8 Å². The fourth-order valence-electron chi connectivity index (χ4n) is 1.98. The molecule has 0 aliphatic heterocycles. The zero-order valence-electron chi connectivity index (χ0n) is 12.7. The van der Waals surface area contributed by atoms with Crippen LogP contribution < -0.4 is 10.1 Å². The van der Waals surface area contributed by atoms with Crippen LogP contribution in [0.15, 0.2) is 60.7 Å². The van der Waals surface area contributed by atoms with Crippen LogP contribution in [0.5, 0.6) is 5.75 Å². The lowest BCUT2D eigenvalue weighted by Crippen LogP contribution is -2.13. The van der Waals surface area contributed by atoms with Gasteiger partial charge in [-0.15, -0.1) is 0 Å². The van der Waals surface area contributed by atoms with E-state index in [4.69, 9.17) is 9.47 Å². The Morgan fingerprint density at radius 1 is 1.05 bits per heavy atom. The van der Waals surface area contributed by atoms with E-state index in [2.05, 4.69) is 5.32 Å². The Kier molecular flexibility index (Phi) is 5.60. The number of benzene rings is 2. The average molecular weight is 297 g/mol. The van der Waals surface area contributed by atoms with Crippen LogP contribution in [-0.4, -0.2) is 20.2 Å². The maximum Gasteiger partial charge on any atom is 0.332 e. The Morgan fingerprint density at radius 3 is 2.32 bits per heavy atom. The van der Waals surface area contributed by atoms with Crippen LogP contribution in [0.4, 0.5) is 0 Å². The van der Waals surface area contributed by atoms with Gasteiger partial charge in [0.1, 0.15) is 5.75 Å². The molecular formula is C18H19NO3. The molecule has 0 bridgehead atoms. The fraction of sp³-hybridized carbons (Fsp3) is 0.167. The number of nitrogens with one attached hydrogen (secondary N) is 1. The van der Waals surface area contributed by atoms with Gasteiger partial charge >= 0.3 is 5.97 Å². The van der Waals surface area contributed by atoms with Gasteiger partial charge in [-0.25, -0.2) is 4.79 Å². The molecule has 2 rings (SSSR count). The number of rotatable bonds is 6. The van der Waals surface area contributed by atoms with Crippen LogP contribution in [0.25, 0.3) is 5.70 Å². The molecule has 0 saturated carbocycles. The maximum atomic E-state index is 11.6. The van der Waals surface area contributed by atoms with Crippen LogP contribution in [-0.2, 0) is 16.1 Å². The Balaban J connectivity index is 2.18. The molecule has 114 valence electrons. The van der Waals surface area contributed by atoms with Crippen LogP contribution in [0, 0.1) is 0 Å². The first-order chi connectivity index (χ1) is 10.7. The second kappa shape index (κ2) is 7.88. The summed E-state index contributed by atoms with van der Waals surface area (Å²) in [6, 6.07) is 17.5. The molecule has 0 amide bonds. The number of methoxy groups -OCH3 is 2. The summed E-state index contributed by atoms with van der Waals surface area (Å²) >= 11 is 0. The normalized spacial score (nSPS) is 10.9. The van der Waals surface area contributed by atoms with Gasteiger partial charge in [-0.2, -0.15) is 0 Å². The molecule has 0 aromatic heterocycles.